The Kier molecular flexibility index (Phi) is 9.59. The van der Waals surface area contributed by atoms with Crippen LogP contribution in [0.4, 0.5) is 0 Å². The molecule has 0 aliphatic heterocycles. The quantitative estimate of drug-likeness (QED) is 0.498. The molecule has 0 fully saturated rings. The molecule has 2 rings (SSSR count). The number of carbonyl (C=O) groups excluding carboxylic acids is 2. The number of furan rings is 1. The summed E-state index contributed by atoms with van der Waals surface area (Å²) in [5.41, 5.74) is 1.57. The zero-order valence-corrected chi connectivity index (χ0v) is 19.9. The zero-order chi connectivity index (χ0) is 23.7. The van der Waals surface area contributed by atoms with E-state index in [1.165, 1.54) is 0 Å². The van der Waals surface area contributed by atoms with Crippen molar-refractivity contribution in [2.75, 3.05) is 54.6 Å². The van der Waals surface area contributed by atoms with Crippen LogP contribution in [-0.2, 0) is 16.0 Å². The first-order valence-corrected chi connectivity index (χ1v) is 10.6. The highest BCUT2D eigenvalue weighted by molar-refractivity contribution is 5.95. The van der Waals surface area contributed by atoms with Gasteiger partial charge in [-0.05, 0) is 44.0 Å². The molecule has 0 saturated carbocycles. The molecule has 0 saturated heterocycles. The van der Waals surface area contributed by atoms with Gasteiger partial charge in [0.05, 0.1) is 26.4 Å². The first-order chi connectivity index (χ1) is 15.3. The van der Waals surface area contributed by atoms with Gasteiger partial charge in [0.15, 0.2) is 11.5 Å². The van der Waals surface area contributed by atoms with E-state index in [9.17, 15) is 9.59 Å². The zero-order valence-electron chi connectivity index (χ0n) is 19.9. The van der Waals surface area contributed by atoms with Crippen molar-refractivity contribution < 1.29 is 28.2 Å². The second-order valence-corrected chi connectivity index (χ2v) is 7.62. The van der Waals surface area contributed by atoms with Crippen LogP contribution in [0.1, 0.15) is 33.9 Å². The molecule has 32 heavy (non-hydrogen) atoms. The van der Waals surface area contributed by atoms with E-state index in [4.69, 9.17) is 18.6 Å². The van der Waals surface area contributed by atoms with E-state index in [2.05, 4.69) is 0 Å². The maximum atomic E-state index is 13.0. The minimum absolute atomic E-state index is 0.0270. The number of ether oxygens (including phenoxy) is 3. The molecular weight excluding hydrogens is 412 g/mol. The summed E-state index contributed by atoms with van der Waals surface area (Å²) in [6.07, 6.45) is 0.913. The van der Waals surface area contributed by atoms with Gasteiger partial charge >= 0.3 is 0 Å². The molecule has 0 aliphatic carbocycles. The Labute approximate surface area is 190 Å². The lowest BCUT2D eigenvalue weighted by Crippen LogP contribution is -2.38. The van der Waals surface area contributed by atoms with Crippen LogP contribution in [0.15, 0.2) is 28.7 Å². The van der Waals surface area contributed by atoms with Crippen molar-refractivity contribution in [1.82, 2.24) is 9.80 Å². The van der Waals surface area contributed by atoms with Crippen molar-refractivity contribution >= 4 is 11.8 Å². The number of methoxy groups -OCH3 is 3. The van der Waals surface area contributed by atoms with Gasteiger partial charge in [-0.1, -0.05) is 6.07 Å². The molecule has 2 aromatic rings. The summed E-state index contributed by atoms with van der Waals surface area (Å²) in [5.74, 6) is 2.41. The van der Waals surface area contributed by atoms with E-state index in [-0.39, 0.29) is 18.2 Å². The first kappa shape index (κ1) is 25.3. The third-order valence-electron chi connectivity index (χ3n) is 5.33. The number of aryl methyl sites for hydroxylation is 2. The van der Waals surface area contributed by atoms with Gasteiger partial charge in [-0.15, -0.1) is 0 Å². The molecule has 176 valence electrons. The van der Waals surface area contributed by atoms with Gasteiger partial charge in [0.1, 0.15) is 11.5 Å². The van der Waals surface area contributed by atoms with Gasteiger partial charge in [-0.2, -0.15) is 0 Å². The van der Waals surface area contributed by atoms with Gasteiger partial charge in [-0.3, -0.25) is 9.59 Å². The second kappa shape index (κ2) is 12.1. The van der Waals surface area contributed by atoms with Gasteiger partial charge in [0, 0.05) is 40.2 Å². The molecule has 0 radical (unpaired) electrons. The van der Waals surface area contributed by atoms with Crippen LogP contribution >= 0.6 is 0 Å². The molecule has 8 heteroatoms. The number of benzene rings is 1. The Morgan fingerprint density at radius 2 is 1.69 bits per heavy atom. The van der Waals surface area contributed by atoms with Crippen LogP contribution in [0.25, 0.3) is 0 Å². The standard InChI is InChI=1S/C24H34N2O6/c1-17-15-20(18(2)32-17)24(28)26(13-14-29-4)12-10-23(27)25(3)11-9-19-7-8-21(30-5)22(16-19)31-6/h7-8,15-16H,9-14H2,1-6H3. The number of likely N-dealkylation sites (N-methyl/N-ethyl adjacent to an activating group) is 1. The summed E-state index contributed by atoms with van der Waals surface area (Å²) in [6.45, 7) is 5.24. The van der Waals surface area contributed by atoms with Crippen LogP contribution < -0.4 is 9.47 Å². The maximum Gasteiger partial charge on any atom is 0.257 e. The van der Waals surface area contributed by atoms with E-state index in [0.717, 1.165) is 5.56 Å². The summed E-state index contributed by atoms with van der Waals surface area (Å²) in [5, 5.41) is 0. The third kappa shape index (κ3) is 6.75. The SMILES string of the molecule is COCCN(CCC(=O)N(C)CCc1ccc(OC)c(OC)c1)C(=O)c1cc(C)oc1C. The van der Waals surface area contributed by atoms with Crippen LogP contribution in [0.5, 0.6) is 11.5 Å². The number of hydrogen-bond donors (Lipinski definition) is 0. The van der Waals surface area contributed by atoms with Crippen LogP contribution in [0.3, 0.4) is 0 Å². The van der Waals surface area contributed by atoms with Crippen LogP contribution in [-0.4, -0.2) is 76.2 Å². The van der Waals surface area contributed by atoms with Gasteiger partial charge in [-0.25, -0.2) is 0 Å². The van der Waals surface area contributed by atoms with Crippen LogP contribution in [0.2, 0.25) is 0 Å². The van der Waals surface area contributed by atoms with E-state index in [0.29, 0.717) is 61.2 Å². The molecule has 0 unspecified atom stereocenters. The molecule has 0 bridgehead atoms. The highest BCUT2D eigenvalue weighted by Crippen LogP contribution is 2.27. The minimum atomic E-state index is -0.155. The van der Waals surface area contributed by atoms with Crippen LogP contribution in [0, 0.1) is 13.8 Å². The molecule has 0 aliphatic rings. The third-order valence-corrected chi connectivity index (χ3v) is 5.33. The Balaban J connectivity index is 1.94. The fraction of sp³-hybridized carbons (Fsp3) is 0.500. The van der Waals surface area contributed by atoms with Gasteiger partial charge in [0.2, 0.25) is 5.91 Å². The molecule has 0 N–H and O–H groups in total. The number of amides is 2. The van der Waals surface area contributed by atoms with Gasteiger partial charge in [0.25, 0.3) is 5.91 Å². The summed E-state index contributed by atoms with van der Waals surface area (Å²) in [7, 11) is 6.55. The molecule has 0 spiro atoms. The molecule has 2 amide bonds. The predicted molar refractivity (Wildman–Crippen MR) is 121 cm³/mol. The maximum absolute atomic E-state index is 13.0. The van der Waals surface area contributed by atoms with Gasteiger partial charge < -0.3 is 28.4 Å². The number of nitrogens with zero attached hydrogens (tertiary/aromatic N) is 2. The second-order valence-electron chi connectivity index (χ2n) is 7.62. The van der Waals surface area contributed by atoms with E-state index >= 15 is 0 Å². The average Bonchev–Trinajstić information content (AvgIpc) is 3.14. The van der Waals surface area contributed by atoms with Crippen molar-refractivity contribution in [2.45, 2.75) is 26.7 Å². The predicted octanol–water partition coefficient (Wildman–Crippen LogP) is 3.09. The Hall–Kier alpha value is -3.00. The topological polar surface area (TPSA) is 81.5 Å². The fourth-order valence-electron chi connectivity index (χ4n) is 3.41. The number of rotatable bonds is 12. The Bertz CT molecular complexity index is 908. The Morgan fingerprint density at radius 1 is 0.969 bits per heavy atom. The molecular formula is C24H34N2O6. The van der Waals surface area contributed by atoms with E-state index in [1.54, 1.807) is 58.1 Å². The summed E-state index contributed by atoms with van der Waals surface area (Å²) in [6, 6.07) is 7.46. The summed E-state index contributed by atoms with van der Waals surface area (Å²) in [4.78, 5) is 29.0. The largest absolute Gasteiger partial charge is 0.493 e. The van der Waals surface area contributed by atoms with Crippen molar-refractivity contribution in [3.8, 4) is 11.5 Å². The van der Waals surface area contributed by atoms with Crippen molar-refractivity contribution in [2.24, 2.45) is 0 Å². The summed E-state index contributed by atoms with van der Waals surface area (Å²) < 4.78 is 21.2. The highest BCUT2D eigenvalue weighted by Gasteiger charge is 2.22. The lowest BCUT2D eigenvalue weighted by molar-refractivity contribution is -0.130. The monoisotopic (exact) mass is 446 g/mol. The lowest BCUT2D eigenvalue weighted by Gasteiger charge is -2.24. The molecule has 1 heterocycles. The van der Waals surface area contributed by atoms with E-state index < -0.39 is 0 Å². The van der Waals surface area contributed by atoms with Crippen molar-refractivity contribution in [3.05, 3.63) is 46.9 Å². The van der Waals surface area contributed by atoms with Crippen molar-refractivity contribution in [1.29, 1.82) is 0 Å². The fourth-order valence-corrected chi connectivity index (χ4v) is 3.41. The summed E-state index contributed by atoms with van der Waals surface area (Å²) >= 11 is 0. The minimum Gasteiger partial charge on any atom is -0.493 e. The molecule has 8 nitrogen and oxygen atoms in total. The Morgan fingerprint density at radius 3 is 2.28 bits per heavy atom. The smallest absolute Gasteiger partial charge is 0.257 e. The first-order valence-electron chi connectivity index (χ1n) is 10.6. The molecule has 0 atom stereocenters. The number of carbonyl (C=O) groups is 2. The van der Waals surface area contributed by atoms with Crippen molar-refractivity contribution in [3.63, 3.8) is 0 Å². The lowest BCUT2D eigenvalue weighted by atomic mass is 10.1. The number of hydrogen-bond acceptors (Lipinski definition) is 6. The molecule has 1 aromatic heterocycles. The van der Waals surface area contributed by atoms with E-state index in [1.807, 2.05) is 18.2 Å². The highest BCUT2D eigenvalue weighted by atomic mass is 16.5. The normalized spacial score (nSPS) is 10.7. The molecule has 1 aromatic carbocycles. The average molecular weight is 447 g/mol.